The molecule has 1 heterocycles. The van der Waals surface area contributed by atoms with Crippen LogP contribution in [0.2, 0.25) is 0 Å². The van der Waals surface area contributed by atoms with Crippen LogP contribution in [0.15, 0.2) is 94.6 Å². The molecule has 2 aromatic carbocycles. The summed E-state index contributed by atoms with van der Waals surface area (Å²) < 4.78 is 2.32. The van der Waals surface area contributed by atoms with Crippen molar-refractivity contribution in [2.24, 2.45) is 0 Å². The van der Waals surface area contributed by atoms with Gasteiger partial charge in [-0.25, -0.2) is 0 Å². The van der Waals surface area contributed by atoms with E-state index in [0.29, 0.717) is 5.92 Å². The molecule has 5 rings (SSSR count). The van der Waals surface area contributed by atoms with Crippen molar-refractivity contribution < 1.29 is 28.6 Å². The minimum absolute atomic E-state index is 0. The van der Waals surface area contributed by atoms with Gasteiger partial charge in [-0.1, -0.05) is 98.6 Å². The van der Waals surface area contributed by atoms with Crippen LogP contribution in [-0.4, -0.2) is 17.3 Å². The molecular formula is C33H37ClIN. The SMILES string of the molecule is CC1/C(=C\C=C2/CCCC(/C=C/C3=[N+](C)c4ccccc4C3(C)C)=C2Cl)C(C)(C)c2ccccc21.[I-]. The highest BCUT2D eigenvalue weighted by molar-refractivity contribution is 6.32. The first-order valence-electron chi connectivity index (χ1n) is 12.9. The maximum Gasteiger partial charge on any atom is 0.209 e. The van der Waals surface area contributed by atoms with Crippen molar-refractivity contribution >= 4 is 23.0 Å². The number of fused-ring (bicyclic) bond motifs is 2. The Bertz CT molecular complexity index is 1350. The fourth-order valence-corrected chi connectivity index (χ4v) is 6.86. The molecule has 0 bridgehead atoms. The van der Waals surface area contributed by atoms with Crippen molar-refractivity contribution in [1.29, 1.82) is 0 Å². The number of allylic oxidation sites excluding steroid dienone is 8. The van der Waals surface area contributed by atoms with Gasteiger partial charge >= 0.3 is 0 Å². The van der Waals surface area contributed by atoms with Gasteiger partial charge < -0.3 is 24.0 Å². The van der Waals surface area contributed by atoms with E-state index in [1.807, 2.05) is 0 Å². The lowest BCUT2D eigenvalue weighted by molar-refractivity contribution is -0.401. The van der Waals surface area contributed by atoms with Crippen molar-refractivity contribution in [3.63, 3.8) is 0 Å². The van der Waals surface area contributed by atoms with Gasteiger partial charge in [0.2, 0.25) is 5.69 Å². The Morgan fingerprint density at radius 3 is 2.22 bits per heavy atom. The third kappa shape index (κ3) is 4.39. The molecule has 1 atom stereocenters. The average Bonchev–Trinajstić information content (AvgIpc) is 3.16. The maximum absolute atomic E-state index is 7.02. The van der Waals surface area contributed by atoms with E-state index >= 15 is 0 Å². The Morgan fingerprint density at radius 2 is 1.53 bits per heavy atom. The lowest BCUT2D eigenvalue weighted by atomic mass is 9.80. The molecule has 0 saturated heterocycles. The van der Waals surface area contributed by atoms with Crippen molar-refractivity contribution in [3.8, 4) is 0 Å². The first kappa shape index (κ1) is 27.1. The summed E-state index contributed by atoms with van der Waals surface area (Å²) in [6, 6.07) is 17.6. The largest absolute Gasteiger partial charge is 1.00 e. The monoisotopic (exact) mass is 609 g/mol. The Hall–Kier alpha value is -1.91. The minimum atomic E-state index is -0.0220. The van der Waals surface area contributed by atoms with E-state index in [4.69, 9.17) is 11.6 Å². The van der Waals surface area contributed by atoms with Gasteiger partial charge in [-0.3, -0.25) is 0 Å². The first-order valence-corrected chi connectivity index (χ1v) is 13.3. The second kappa shape index (κ2) is 10.1. The van der Waals surface area contributed by atoms with E-state index in [-0.39, 0.29) is 34.8 Å². The molecule has 0 radical (unpaired) electrons. The zero-order valence-corrected chi connectivity index (χ0v) is 25.2. The van der Waals surface area contributed by atoms with Crippen LogP contribution >= 0.6 is 11.6 Å². The van der Waals surface area contributed by atoms with Crippen LogP contribution in [0.4, 0.5) is 5.69 Å². The molecule has 0 saturated carbocycles. The van der Waals surface area contributed by atoms with Crippen LogP contribution in [0, 0.1) is 0 Å². The fraction of sp³-hybridized carbons (Fsp3) is 0.364. The second-order valence-corrected chi connectivity index (χ2v) is 11.7. The number of benzene rings is 2. The van der Waals surface area contributed by atoms with Gasteiger partial charge in [0, 0.05) is 34.1 Å². The topological polar surface area (TPSA) is 3.01 Å². The van der Waals surface area contributed by atoms with E-state index in [2.05, 4.69) is 119 Å². The molecule has 1 aliphatic heterocycles. The quantitative estimate of drug-likeness (QED) is 0.302. The van der Waals surface area contributed by atoms with Gasteiger partial charge in [0.05, 0.1) is 5.41 Å². The fourth-order valence-electron chi connectivity index (χ4n) is 6.54. The molecule has 188 valence electrons. The van der Waals surface area contributed by atoms with Crippen LogP contribution in [0.3, 0.4) is 0 Å². The number of nitrogens with zero attached hydrogens (tertiary/aromatic N) is 1. The highest BCUT2D eigenvalue weighted by atomic mass is 127. The third-order valence-electron chi connectivity index (χ3n) is 8.59. The molecule has 1 unspecified atom stereocenters. The van der Waals surface area contributed by atoms with E-state index in [0.717, 1.165) is 24.3 Å². The van der Waals surface area contributed by atoms with E-state index < -0.39 is 0 Å². The Kier molecular flexibility index (Phi) is 7.61. The van der Waals surface area contributed by atoms with E-state index in [1.54, 1.807) is 0 Å². The number of para-hydroxylation sites is 1. The molecule has 36 heavy (non-hydrogen) atoms. The summed E-state index contributed by atoms with van der Waals surface area (Å²) in [6.45, 7) is 11.7. The van der Waals surface area contributed by atoms with Crippen LogP contribution < -0.4 is 24.0 Å². The zero-order chi connectivity index (χ0) is 25.0. The molecule has 1 nitrogen and oxygen atoms in total. The Balaban J connectivity index is 0.00000304. The summed E-state index contributed by atoms with van der Waals surface area (Å²) in [5.74, 6) is 0.432. The Morgan fingerprint density at radius 1 is 0.861 bits per heavy atom. The van der Waals surface area contributed by atoms with Gasteiger partial charge in [0.25, 0.3) is 0 Å². The molecule has 0 aromatic heterocycles. The molecule has 2 aromatic rings. The highest BCUT2D eigenvalue weighted by Crippen LogP contribution is 2.50. The predicted molar refractivity (Wildman–Crippen MR) is 150 cm³/mol. The summed E-state index contributed by atoms with van der Waals surface area (Å²) in [7, 11) is 2.17. The smallest absolute Gasteiger partial charge is 0.209 e. The normalized spacial score (nSPS) is 24.5. The molecular weight excluding hydrogens is 573 g/mol. The van der Waals surface area contributed by atoms with Crippen molar-refractivity contribution in [2.45, 2.75) is 70.6 Å². The standard InChI is InChI=1S/C33H37ClN.HI/c1-22-25-14-7-8-15-27(25)32(2,3)26(22)20-18-23-12-11-13-24(31(23)34)19-21-30-33(4,5)28-16-9-10-17-29(28)35(30)6;/h7-10,14-22H,11-13H2,1-6H3;1H/q+1;/p-1/b21-19+,23-18+,26-20+;. The van der Waals surface area contributed by atoms with E-state index in [9.17, 15) is 0 Å². The summed E-state index contributed by atoms with van der Waals surface area (Å²) >= 11 is 7.02. The molecule has 0 N–H and O–H groups in total. The number of hydrogen-bond acceptors (Lipinski definition) is 0. The minimum Gasteiger partial charge on any atom is -1.00 e. The molecule has 0 fully saturated rings. The third-order valence-corrected chi connectivity index (χ3v) is 9.08. The summed E-state index contributed by atoms with van der Waals surface area (Å²) in [4.78, 5) is 0. The first-order chi connectivity index (χ1) is 16.6. The lowest BCUT2D eigenvalue weighted by Gasteiger charge is -2.23. The summed E-state index contributed by atoms with van der Waals surface area (Å²) in [5.41, 5.74) is 10.9. The predicted octanol–water partition coefficient (Wildman–Crippen LogP) is 5.88. The highest BCUT2D eigenvalue weighted by Gasteiger charge is 2.42. The molecule has 2 aliphatic carbocycles. The van der Waals surface area contributed by atoms with Crippen LogP contribution in [0.25, 0.3) is 0 Å². The van der Waals surface area contributed by atoms with Crippen LogP contribution in [-0.2, 0) is 10.8 Å². The van der Waals surface area contributed by atoms with E-state index in [1.165, 1.54) is 44.8 Å². The second-order valence-electron chi connectivity index (χ2n) is 11.4. The van der Waals surface area contributed by atoms with Gasteiger partial charge in [0.1, 0.15) is 7.05 Å². The molecule has 3 aliphatic rings. The zero-order valence-electron chi connectivity index (χ0n) is 22.3. The molecule has 3 heteroatoms. The maximum atomic E-state index is 7.02. The van der Waals surface area contributed by atoms with Gasteiger partial charge in [-0.15, -0.1) is 0 Å². The number of rotatable bonds is 3. The van der Waals surface area contributed by atoms with Crippen LogP contribution in [0.1, 0.15) is 76.5 Å². The Labute approximate surface area is 239 Å². The van der Waals surface area contributed by atoms with Crippen molar-refractivity contribution in [1.82, 2.24) is 0 Å². The number of halogens is 2. The van der Waals surface area contributed by atoms with Crippen LogP contribution in [0.5, 0.6) is 0 Å². The average molecular weight is 610 g/mol. The summed E-state index contributed by atoms with van der Waals surface area (Å²) in [5, 5.41) is 0.932. The number of hydrogen-bond donors (Lipinski definition) is 0. The van der Waals surface area contributed by atoms with Gasteiger partial charge in [-0.2, -0.15) is 4.58 Å². The van der Waals surface area contributed by atoms with Gasteiger partial charge in [0.15, 0.2) is 5.71 Å². The summed E-state index contributed by atoms with van der Waals surface area (Å²) in [6.07, 6.45) is 12.4. The molecule has 0 amide bonds. The van der Waals surface area contributed by atoms with Gasteiger partial charge in [-0.05, 0) is 55.4 Å². The lowest BCUT2D eigenvalue weighted by Crippen LogP contribution is -3.00. The van der Waals surface area contributed by atoms with Crippen molar-refractivity contribution in [2.75, 3.05) is 7.05 Å². The molecule has 0 spiro atoms. The van der Waals surface area contributed by atoms with Crippen molar-refractivity contribution in [3.05, 3.63) is 111 Å².